The Balaban J connectivity index is 2.28. The lowest BCUT2D eigenvalue weighted by Gasteiger charge is -2.09. The fraction of sp³-hybridized carbons (Fsp3) is 0.176. The van der Waals surface area contributed by atoms with E-state index < -0.39 is 22.7 Å². The van der Waals surface area contributed by atoms with Crippen LogP contribution in [0, 0.1) is 17.0 Å². The molecule has 1 N–H and O–H groups in total. The van der Waals surface area contributed by atoms with E-state index in [2.05, 4.69) is 5.32 Å². The zero-order chi connectivity index (χ0) is 18.4. The summed E-state index contributed by atoms with van der Waals surface area (Å²) >= 11 is 0. The minimum Gasteiger partial charge on any atom is -0.461 e. The number of nitrogens with zero attached hydrogens (tertiary/aromatic N) is 1. The summed E-state index contributed by atoms with van der Waals surface area (Å²) in [5.41, 5.74) is 1.06. The maximum Gasteiger partial charge on any atom is 0.433 e. The molecule has 8 nitrogen and oxygen atoms in total. The van der Waals surface area contributed by atoms with E-state index in [1.807, 2.05) is 13.0 Å². The summed E-state index contributed by atoms with van der Waals surface area (Å²) < 4.78 is 9.87. The summed E-state index contributed by atoms with van der Waals surface area (Å²) in [6.45, 7) is 3.56. The molecule has 2 aromatic rings. The molecule has 1 heterocycles. The number of nitro groups is 1. The molecule has 0 bridgehead atoms. The van der Waals surface area contributed by atoms with Gasteiger partial charge in [0.05, 0.1) is 12.7 Å². The van der Waals surface area contributed by atoms with Gasteiger partial charge in [0.25, 0.3) is 5.91 Å². The van der Waals surface area contributed by atoms with Crippen LogP contribution in [0.4, 0.5) is 5.88 Å². The van der Waals surface area contributed by atoms with Gasteiger partial charge in [0, 0.05) is 11.6 Å². The summed E-state index contributed by atoms with van der Waals surface area (Å²) in [4.78, 5) is 34.3. The molecule has 0 atom stereocenters. The van der Waals surface area contributed by atoms with Crippen LogP contribution in [0.2, 0.25) is 0 Å². The second-order valence-electron chi connectivity index (χ2n) is 5.04. The molecule has 0 aliphatic heterocycles. The van der Waals surface area contributed by atoms with Crippen molar-refractivity contribution in [2.24, 2.45) is 0 Å². The third-order valence-electron chi connectivity index (χ3n) is 3.10. The van der Waals surface area contributed by atoms with Crippen molar-refractivity contribution in [3.8, 4) is 0 Å². The first-order valence-electron chi connectivity index (χ1n) is 7.41. The third kappa shape index (κ3) is 4.77. The van der Waals surface area contributed by atoms with Crippen molar-refractivity contribution in [3.63, 3.8) is 0 Å². The van der Waals surface area contributed by atoms with Gasteiger partial charge in [-0.3, -0.25) is 14.9 Å². The Morgan fingerprint density at radius 3 is 2.68 bits per heavy atom. The number of furan rings is 1. The Bertz CT molecular complexity index is 837. The molecule has 0 saturated carbocycles. The molecule has 1 aromatic carbocycles. The van der Waals surface area contributed by atoms with E-state index in [0.29, 0.717) is 5.56 Å². The van der Waals surface area contributed by atoms with Gasteiger partial charge >= 0.3 is 11.9 Å². The van der Waals surface area contributed by atoms with E-state index in [1.54, 1.807) is 25.1 Å². The average molecular weight is 344 g/mol. The van der Waals surface area contributed by atoms with Crippen molar-refractivity contribution >= 4 is 23.8 Å². The zero-order valence-electron chi connectivity index (χ0n) is 13.6. The van der Waals surface area contributed by atoms with Gasteiger partial charge in [0.2, 0.25) is 0 Å². The van der Waals surface area contributed by atoms with Crippen molar-refractivity contribution < 1.29 is 23.7 Å². The lowest BCUT2D eigenvalue weighted by Crippen LogP contribution is -2.28. The molecule has 0 spiro atoms. The number of amides is 1. The normalized spacial score (nSPS) is 11.0. The SMILES string of the molecule is CCOC(=O)C(=Cc1ccc([N+](=O)[O-])o1)NC(=O)c1cccc(C)c1. The largest absolute Gasteiger partial charge is 0.461 e. The number of benzene rings is 1. The summed E-state index contributed by atoms with van der Waals surface area (Å²) in [7, 11) is 0. The highest BCUT2D eigenvalue weighted by Gasteiger charge is 2.18. The van der Waals surface area contributed by atoms with Crippen molar-refractivity contribution in [2.75, 3.05) is 6.61 Å². The number of rotatable bonds is 6. The van der Waals surface area contributed by atoms with Crippen LogP contribution >= 0.6 is 0 Å². The number of carbonyl (C=O) groups is 2. The molecule has 1 amide bonds. The second-order valence-corrected chi connectivity index (χ2v) is 5.04. The minimum atomic E-state index is -0.775. The van der Waals surface area contributed by atoms with Crippen LogP contribution in [0.1, 0.15) is 28.6 Å². The number of nitrogens with one attached hydrogen (secondary N) is 1. The lowest BCUT2D eigenvalue weighted by molar-refractivity contribution is -0.402. The number of hydrogen-bond acceptors (Lipinski definition) is 6. The van der Waals surface area contributed by atoms with Crippen molar-refractivity contribution in [2.45, 2.75) is 13.8 Å². The molecule has 1 aromatic heterocycles. The van der Waals surface area contributed by atoms with Crippen LogP contribution in [0.25, 0.3) is 6.08 Å². The molecule has 0 unspecified atom stereocenters. The molecule has 0 saturated heterocycles. The molecule has 2 rings (SSSR count). The first kappa shape index (κ1) is 17.9. The topological polar surface area (TPSA) is 112 Å². The number of aryl methyl sites for hydroxylation is 1. The van der Waals surface area contributed by atoms with Crippen molar-refractivity contribution in [3.05, 3.63) is 69.1 Å². The predicted molar refractivity (Wildman–Crippen MR) is 88.6 cm³/mol. The van der Waals surface area contributed by atoms with Crippen LogP contribution in [-0.2, 0) is 9.53 Å². The number of esters is 1. The Hall–Kier alpha value is -3.42. The molecule has 25 heavy (non-hydrogen) atoms. The van der Waals surface area contributed by atoms with E-state index >= 15 is 0 Å². The Kier molecular flexibility index (Phi) is 5.67. The minimum absolute atomic E-state index is 0.0410. The predicted octanol–water partition coefficient (Wildman–Crippen LogP) is 2.83. The van der Waals surface area contributed by atoms with E-state index in [0.717, 1.165) is 11.6 Å². The quantitative estimate of drug-likeness (QED) is 0.373. The number of carbonyl (C=O) groups excluding carboxylic acids is 2. The van der Waals surface area contributed by atoms with Crippen molar-refractivity contribution in [1.29, 1.82) is 0 Å². The third-order valence-corrected chi connectivity index (χ3v) is 3.10. The zero-order valence-corrected chi connectivity index (χ0v) is 13.6. The summed E-state index contributed by atoms with van der Waals surface area (Å²) in [6.07, 6.45) is 1.18. The van der Waals surface area contributed by atoms with Crippen LogP contribution < -0.4 is 5.32 Å². The van der Waals surface area contributed by atoms with Crippen LogP contribution in [0.3, 0.4) is 0 Å². The Morgan fingerprint density at radius 2 is 2.08 bits per heavy atom. The van der Waals surface area contributed by atoms with Gasteiger partial charge < -0.3 is 14.5 Å². The van der Waals surface area contributed by atoms with Gasteiger partial charge in [-0.25, -0.2) is 4.79 Å². The summed E-state index contributed by atoms with van der Waals surface area (Å²) in [6, 6.07) is 9.28. The van der Waals surface area contributed by atoms with E-state index in [-0.39, 0.29) is 18.1 Å². The van der Waals surface area contributed by atoms with Gasteiger partial charge in [0.15, 0.2) is 0 Å². The molecule has 8 heteroatoms. The highest BCUT2D eigenvalue weighted by Crippen LogP contribution is 2.18. The molecular formula is C17H16N2O6. The monoisotopic (exact) mass is 344 g/mol. The molecule has 130 valence electrons. The highest BCUT2D eigenvalue weighted by molar-refractivity contribution is 6.03. The van der Waals surface area contributed by atoms with E-state index in [1.165, 1.54) is 12.1 Å². The van der Waals surface area contributed by atoms with Gasteiger partial charge in [-0.2, -0.15) is 0 Å². The van der Waals surface area contributed by atoms with E-state index in [4.69, 9.17) is 9.15 Å². The fourth-order valence-corrected chi connectivity index (χ4v) is 2.00. The summed E-state index contributed by atoms with van der Waals surface area (Å²) in [5, 5.41) is 13.1. The van der Waals surface area contributed by atoms with Crippen molar-refractivity contribution in [1.82, 2.24) is 5.32 Å². The standard InChI is InChI=1S/C17H16N2O6/c1-3-24-17(21)14(10-13-7-8-15(25-13)19(22)23)18-16(20)12-6-4-5-11(2)9-12/h4-10H,3H2,1-2H3,(H,18,20). The van der Waals surface area contributed by atoms with Gasteiger partial charge in [-0.15, -0.1) is 0 Å². The van der Waals surface area contributed by atoms with E-state index in [9.17, 15) is 19.7 Å². The molecule has 0 aliphatic carbocycles. The first-order chi connectivity index (χ1) is 11.9. The van der Waals surface area contributed by atoms with Gasteiger partial charge in [-0.05, 0) is 32.0 Å². The molecular weight excluding hydrogens is 328 g/mol. The Morgan fingerprint density at radius 1 is 1.32 bits per heavy atom. The number of ether oxygens (including phenoxy) is 1. The molecule has 0 fully saturated rings. The molecule has 0 radical (unpaired) electrons. The highest BCUT2D eigenvalue weighted by atomic mass is 16.6. The maximum absolute atomic E-state index is 12.3. The smallest absolute Gasteiger partial charge is 0.433 e. The maximum atomic E-state index is 12.3. The van der Waals surface area contributed by atoms with Gasteiger partial charge in [0.1, 0.15) is 16.4 Å². The van der Waals surface area contributed by atoms with Crippen LogP contribution in [0.5, 0.6) is 0 Å². The van der Waals surface area contributed by atoms with Crippen LogP contribution in [-0.4, -0.2) is 23.4 Å². The first-order valence-corrected chi connectivity index (χ1v) is 7.41. The fourth-order valence-electron chi connectivity index (χ4n) is 2.00. The van der Waals surface area contributed by atoms with Crippen LogP contribution in [0.15, 0.2) is 46.5 Å². The Labute approximate surface area is 143 Å². The molecule has 0 aliphatic rings. The second kappa shape index (κ2) is 7.91. The number of hydrogen-bond donors (Lipinski definition) is 1. The summed E-state index contributed by atoms with van der Waals surface area (Å²) in [5.74, 6) is -1.72. The lowest BCUT2D eigenvalue weighted by atomic mass is 10.1. The average Bonchev–Trinajstić information content (AvgIpc) is 3.03. The van der Waals surface area contributed by atoms with Gasteiger partial charge in [-0.1, -0.05) is 17.7 Å².